The number of hydrogen-bond donors (Lipinski definition) is 1. The lowest BCUT2D eigenvalue weighted by Crippen LogP contribution is -2.38. The first-order chi connectivity index (χ1) is 9.59. The van der Waals surface area contributed by atoms with E-state index in [0.717, 1.165) is 4.47 Å². The minimum Gasteiger partial charge on any atom is -0.463 e. The first-order valence-corrected chi connectivity index (χ1v) is 7.09. The van der Waals surface area contributed by atoms with Crippen molar-refractivity contribution in [2.24, 2.45) is 0 Å². The summed E-state index contributed by atoms with van der Waals surface area (Å²) in [6, 6.07) is 15.8. The Morgan fingerprint density at radius 1 is 1.10 bits per heavy atom. The van der Waals surface area contributed by atoms with Crippen LogP contribution in [0.25, 0.3) is 0 Å². The molecule has 0 aromatic heterocycles. The van der Waals surface area contributed by atoms with Crippen molar-refractivity contribution >= 4 is 21.9 Å². The average Bonchev–Trinajstić information content (AvgIpc) is 2.48. The highest BCUT2D eigenvalue weighted by molar-refractivity contribution is 9.10. The highest BCUT2D eigenvalue weighted by Gasteiger charge is 2.41. The molecule has 0 amide bonds. The molecule has 2 aromatic carbocycles. The maximum Gasteiger partial charge on any atom is 0.347 e. The van der Waals surface area contributed by atoms with Crippen LogP contribution >= 0.6 is 15.9 Å². The Balaban J connectivity index is 2.55. The van der Waals surface area contributed by atoms with Gasteiger partial charge in [-0.1, -0.05) is 58.4 Å². The summed E-state index contributed by atoms with van der Waals surface area (Å²) >= 11 is 3.34. The van der Waals surface area contributed by atoms with Crippen LogP contribution in [0.15, 0.2) is 59.1 Å². The third-order valence-corrected chi connectivity index (χ3v) is 3.55. The number of rotatable bonds is 4. The minimum atomic E-state index is -1.79. The maximum absolute atomic E-state index is 12.3. The van der Waals surface area contributed by atoms with Crippen molar-refractivity contribution < 1.29 is 14.6 Å². The van der Waals surface area contributed by atoms with E-state index in [4.69, 9.17) is 4.74 Å². The maximum atomic E-state index is 12.3. The molecule has 0 heterocycles. The number of carbonyl (C=O) groups excluding carboxylic acids is 1. The van der Waals surface area contributed by atoms with Gasteiger partial charge in [0.2, 0.25) is 5.60 Å². The summed E-state index contributed by atoms with van der Waals surface area (Å²) in [4.78, 5) is 12.3. The molecule has 0 fully saturated rings. The fourth-order valence-corrected chi connectivity index (χ4v) is 2.27. The zero-order valence-electron chi connectivity index (χ0n) is 11.0. The molecule has 0 saturated heterocycles. The number of carbonyl (C=O) groups is 1. The molecule has 0 radical (unpaired) electrons. The number of ether oxygens (including phenoxy) is 1. The van der Waals surface area contributed by atoms with Crippen molar-refractivity contribution in [1.82, 2.24) is 0 Å². The third-order valence-electron chi connectivity index (χ3n) is 3.02. The quantitative estimate of drug-likeness (QED) is 0.873. The van der Waals surface area contributed by atoms with Crippen LogP contribution in [0.4, 0.5) is 0 Å². The van der Waals surface area contributed by atoms with Gasteiger partial charge in [0.25, 0.3) is 0 Å². The van der Waals surface area contributed by atoms with Crippen LogP contribution in [0.2, 0.25) is 0 Å². The summed E-state index contributed by atoms with van der Waals surface area (Å²) in [6.07, 6.45) is 0. The van der Waals surface area contributed by atoms with Crippen molar-refractivity contribution in [3.05, 3.63) is 70.2 Å². The Morgan fingerprint density at radius 2 is 1.65 bits per heavy atom. The van der Waals surface area contributed by atoms with Crippen LogP contribution < -0.4 is 0 Å². The standard InChI is InChI=1S/C16H15BrO3/c1-2-20-15(18)16(19,12-6-4-3-5-7-12)13-8-10-14(17)11-9-13/h3-11,19H,2H2,1H3/t16-/m0/s1. The van der Waals surface area contributed by atoms with Crippen molar-refractivity contribution in [2.75, 3.05) is 6.61 Å². The highest BCUT2D eigenvalue weighted by Crippen LogP contribution is 2.31. The fourth-order valence-electron chi connectivity index (χ4n) is 2.01. The molecule has 0 aliphatic heterocycles. The van der Waals surface area contributed by atoms with E-state index in [9.17, 15) is 9.90 Å². The van der Waals surface area contributed by atoms with Crippen LogP contribution in [0, 0.1) is 0 Å². The third kappa shape index (κ3) is 2.76. The molecule has 0 bridgehead atoms. The van der Waals surface area contributed by atoms with Gasteiger partial charge in [-0.25, -0.2) is 4.79 Å². The van der Waals surface area contributed by atoms with E-state index in [1.807, 2.05) is 6.07 Å². The highest BCUT2D eigenvalue weighted by atomic mass is 79.9. The monoisotopic (exact) mass is 334 g/mol. The molecule has 1 atom stereocenters. The molecule has 4 heteroatoms. The second kappa shape index (κ2) is 6.20. The van der Waals surface area contributed by atoms with Gasteiger partial charge in [0.1, 0.15) is 0 Å². The SMILES string of the molecule is CCOC(=O)[C@](O)(c1ccccc1)c1ccc(Br)cc1. The summed E-state index contributed by atoms with van der Waals surface area (Å²) in [6.45, 7) is 1.93. The topological polar surface area (TPSA) is 46.5 Å². The molecular formula is C16H15BrO3. The van der Waals surface area contributed by atoms with Crippen molar-refractivity contribution in [2.45, 2.75) is 12.5 Å². The summed E-state index contributed by atoms with van der Waals surface area (Å²) in [5.41, 5.74) is -0.830. The average molecular weight is 335 g/mol. The molecular weight excluding hydrogens is 320 g/mol. The first-order valence-electron chi connectivity index (χ1n) is 6.30. The summed E-state index contributed by atoms with van der Waals surface area (Å²) < 4.78 is 5.92. The number of halogens is 1. The second-order valence-corrected chi connectivity index (χ2v) is 5.22. The summed E-state index contributed by atoms with van der Waals surface area (Å²) in [5, 5.41) is 11.0. The predicted octanol–water partition coefficient (Wildman–Crippen LogP) is 3.25. The van der Waals surface area contributed by atoms with E-state index >= 15 is 0 Å². The molecule has 0 aliphatic carbocycles. The number of esters is 1. The van der Waals surface area contributed by atoms with Crippen LogP contribution in [-0.4, -0.2) is 17.7 Å². The molecule has 20 heavy (non-hydrogen) atoms. The molecule has 0 spiro atoms. The number of benzene rings is 2. The van der Waals surface area contributed by atoms with E-state index in [-0.39, 0.29) is 6.61 Å². The zero-order valence-corrected chi connectivity index (χ0v) is 12.6. The zero-order chi connectivity index (χ0) is 14.6. The minimum absolute atomic E-state index is 0.213. The van der Waals surface area contributed by atoms with Crippen molar-refractivity contribution in [3.63, 3.8) is 0 Å². The predicted molar refractivity (Wildman–Crippen MR) is 80.2 cm³/mol. The molecule has 2 aromatic rings. The van der Waals surface area contributed by atoms with Gasteiger partial charge in [0.15, 0.2) is 0 Å². The second-order valence-electron chi connectivity index (χ2n) is 4.30. The van der Waals surface area contributed by atoms with Gasteiger partial charge >= 0.3 is 5.97 Å². The van der Waals surface area contributed by atoms with Crippen LogP contribution in [-0.2, 0) is 15.1 Å². The van der Waals surface area contributed by atoms with E-state index in [0.29, 0.717) is 11.1 Å². The van der Waals surface area contributed by atoms with E-state index in [1.54, 1.807) is 55.5 Å². The Morgan fingerprint density at radius 3 is 2.20 bits per heavy atom. The number of hydrogen-bond acceptors (Lipinski definition) is 3. The Hall–Kier alpha value is -1.65. The largest absolute Gasteiger partial charge is 0.463 e. The summed E-state index contributed by atoms with van der Waals surface area (Å²) in [7, 11) is 0. The molecule has 3 nitrogen and oxygen atoms in total. The molecule has 0 aliphatic rings. The van der Waals surface area contributed by atoms with Gasteiger partial charge < -0.3 is 9.84 Å². The Bertz CT molecular complexity index is 580. The molecule has 1 N–H and O–H groups in total. The van der Waals surface area contributed by atoms with E-state index in [2.05, 4.69) is 15.9 Å². The first kappa shape index (κ1) is 14.8. The Kier molecular flexibility index (Phi) is 4.57. The van der Waals surface area contributed by atoms with Gasteiger partial charge in [0, 0.05) is 4.47 Å². The van der Waals surface area contributed by atoms with Gasteiger partial charge in [-0.05, 0) is 30.2 Å². The van der Waals surface area contributed by atoms with Gasteiger partial charge in [-0.15, -0.1) is 0 Å². The van der Waals surface area contributed by atoms with Gasteiger partial charge in [-0.2, -0.15) is 0 Å². The van der Waals surface area contributed by atoms with Gasteiger partial charge in [0.05, 0.1) is 6.61 Å². The lowest BCUT2D eigenvalue weighted by molar-refractivity contribution is -0.161. The summed E-state index contributed by atoms with van der Waals surface area (Å²) in [5.74, 6) is -0.673. The molecule has 2 rings (SSSR count). The smallest absolute Gasteiger partial charge is 0.347 e. The molecule has 0 unspecified atom stereocenters. The van der Waals surface area contributed by atoms with E-state index < -0.39 is 11.6 Å². The lowest BCUT2D eigenvalue weighted by atomic mass is 9.86. The van der Waals surface area contributed by atoms with Crippen LogP contribution in [0.3, 0.4) is 0 Å². The normalized spacial score (nSPS) is 13.6. The van der Waals surface area contributed by atoms with Crippen molar-refractivity contribution in [3.8, 4) is 0 Å². The van der Waals surface area contributed by atoms with Crippen LogP contribution in [0.5, 0.6) is 0 Å². The van der Waals surface area contributed by atoms with Crippen LogP contribution in [0.1, 0.15) is 18.1 Å². The van der Waals surface area contributed by atoms with Crippen molar-refractivity contribution in [1.29, 1.82) is 0 Å². The van der Waals surface area contributed by atoms with E-state index in [1.165, 1.54) is 0 Å². The fraction of sp³-hybridized carbons (Fsp3) is 0.188. The Labute approximate surface area is 126 Å². The lowest BCUT2D eigenvalue weighted by Gasteiger charge is -2.26. The molecule has 104 valence electrons. The van der Waals surface area contributed by atoms with Gasteiger partial charge in [-0.3, -0.25) is 0 Å². The number of aliphatic hydroxyl groups is 1. The molecule has 0 saturated carbocycles.